The molecule has 0 fully saturated rings. The average Bonchev–Trinajstić information content (AvgIpc) is 2.62. The first kappa shape index (κ1) is 17.3. The molecule has 26 heavy (non-hydrogen) atoms. The first-order chi connectivity index (χ1) is 12.4. The lowest BCUT2D eigenvalue weighted by Crippen LogP contribution is -2.14. The summed E-state index contributed by atoms with van der Waals surface area (Å²) in [6, 6.07) is 10.1. The first-order valence-corrected chi connectivity index (χ1v) is 7.59. The van der Waals surface area contributed by atoms with Crippen LogP contribution in [-0.4, -0.2) is 22.9 Å². The van der Waals surface area contributed by atoms with Crippen molar-refractivity contribution in [3.8, 4) is 5.75 Å². The van der Waals surface area contributed by atoms with Crippen LogP contribution in [0.5, 0.6) is 5.75 Å². The number of hydrogen-bond acceptors (Lipinski definition) is 5. The van der Waals surface area contributed by atoms with Gasteiger partial charge in [-0.1, -0.05) is 0 Å². The van der Waals surface area contributed by atoms with E-state index in [9.17, 15) is 19.3 Å². The molecule has 3 rings (SSSR count). The highest BCUT2D eigenvalue weighted by Gasteiger charge is 2.17. The number of nitrogens with zero attached hydrogens (tertiary/aromatic N) is 2. The molecule has 132 valence electrons. The average molecular weight is 355 g/mol. The maximum absolute atomic E-state index is 13.4. The Kier molecular flexibility index (Phi) is 4.49. The van der Waals surface area contributed by atoms with E-state index in [1.807, 2.05) is 0 Å². The Morgan fingerprint density at radius 1 is 1.23 bits per heavy atom. The molecule has 1 N–H and O–H groups in total. The number of anilines is 1. The van der Waals surface area contributed by atoms with Crippen molar-refractivity contribution in [2.75, 3.05) is 12.4 Å². The molecule has 0 atom stereocenters. The minimum atomic E-state index is -0.969. The van der Waals surface area contributed by atoms with Crippen molar-refractivity contribution in [1.82, 2.24) is 4.98 Å². The lowest BCUT2D eigenvalue weighted by molar-refractivity contribution is -0.387. The summed E-state index contributed by atoms with van der Waals surface area (Å²) in [4.78, 5) is 26.9. The summed E-state index contributed by atoms with van der Waals surface area (Å²) in [5.41, 5.74) is 0.918. The van der Waals surface area contributed by atoms with Crippen LogP contribution in [0.3, 0.4) is 0 Å². The van der Waals surface area contributed by atoms with Gasteiger partial charge in [0, 0.05) is 17.1 Å². The van der Waals surface area contributed by atoms with Gasteiger partial charge in [-0.3, -0.25) is 19.9 Å². The van der Waals surface area contributed by atoms with Crippen molar-refractivity contribution >= 4 is 28.2 Å². The molecule has 1 aromatic heterocycles. The standard InChI is InChI=1S/C18H14FN3O4/c1-10-14(8-11-7-13(26-2)4-6-16(11)20-10)18(23)21-12-3-5-15(19)17(9-12)22(24)25/h3-9H,1-2H3,(H,21,23). The molecule has 0 unspecified atom stereocenters. The lowest BCUT2D eigenvalue weighted by Gasteiger charge is -2.10. The Morgan fingerprint density at radius 3 is 2.69 bits per heavy atom. The molecule has 3 aromatic rings. The number of methoxy groups -OCH3 is 1. The Morgan fingerprint density at radius 2 is 2.00 bits per heavy atom. The molecule has 0 bridgehead atoms. The van der Waals surface area contributed by atoms with Gasteiger partial charge >= 0.3 is 5.69 Å². The van der Waals surface area contributed by atoms with E-state index in [0.717, 1.165) is 12.1 Å². The summed E-state index contributed by atoms with van der Waals surface area (Å²) in [6.45, 7) is 1.69. The van der Waals surface area contributed by atoms with Crippen LogP contribution in [0.2, 0.25) is 0 Å². The van der Waals surface area contributed by atoms with Crippen LogP contribution in [0.25, 0.3) is 10.9 Å². The molecule has 8 heteroatoms. The van der Waals surface area contributed by atoms with E-state index in [2.05, 4.69) is 10.3 Å². The van der Waals surface area contributed by atoms with Crippen LogP contribution in [0.1, 0.15) is 16.1 Å². The molecule has 0 saturated heterocycles. The number of aromatic nitrogens is 1. The van der Waals surface area contributed by atoms with Gasteiger partial charge < -0.3 is 10.1 Å². The van der Waals surface area contributed by atoms with Gasteiger partial charge in [0.15, 0.2) is 0 Å². The molecule has 0 aliphatic carbocycles. The van der Waals surface area contributed by atoms with Crippen LogP contribution in [0, 0.1) is 22.9 Å². The van der Waals surface area contributed by atoms with E-state index in [-0.39, 0.29) is 5.69 Å². The summed E-state index contributed by atoms with van der Waals surface area (Å²) in [5.74, 6) is -0.840. The van der Waals surface area contributed by atoms with E-state index in [4.69, 9.17) is 4.74 Å². The quantitative estimate of drug-likeness (QED) is 0.566. The number of amides is 1. The highest BCUT2D eigenvalue weighted by Crippen LogP contribution is 2.24. The second kappa shape index (κ2) is 6.75. The third-order valence-electron chi connectivity index (χ3n) is 3.86. The number of nitro benzene ring substituents is 1. The van der Waals surface area contributed by atoms with Crippen molar-refractivity contribution < 1.29 is 18.8 Å². The Hall–Kier alpha value is -3.55. The topological polar surface area (TPSA) is 94.4 Å². The number of carbonyl (C=O) groups excluding carboxylic acids is 1. The number of halogens is 1. The second-order valence-electron chi connectivity index (χ2n) is 5.56. The first-order valence-electron chi connectivity index (χ1n) is 7.59. The Balaban J connectivity index is 1.96. The van der Waals surface area contributed by atoms with Gasteiger partial charge in [-0.2, -0.15) is 4.39 Å². The predicted molar refractivity (Wildman–Crippen MR) is 94.0 cm³/mol. The van der Waals surface area contributed by atoms with Gasteiger partial charge in [-0.25, -0.2) is 0 Å². The molecule has 1 amide bonds. The predicted octanol–water partition coefficient (Wildman–Crippen LogP) is 3.85. The Bertz CT molecular complexity index is 1040. The van der Waals surface area contributed by atoms with Crippen LogP contribution < -0.4 is 10.1 Å². The normalized spacial score (nSPS) is 10.6. The fourth-order valence-corrected chi connectivity index (χ4v) is 2.54. The molecule has 0 spiro atoms. The molecule has 0 aliphatic rings. The summed E-state index contributed by atoms with van der Waals surface area (Å²) in [5, 5.41) is 14.1. The smallest absolute Gasteiger partial charge is 0.306 e. The fraction of sp³-hybridized carbons (Fsp3) is 0.111. The lowest BCUT2D eigenvalue weighted by atomic mass is 10.1. The number of nitro groups is 1. The minimum absolute atomic E-state index is 0.119. The number of fused-ring (bicyclic) bond motifs is 1. The molecule has 0 radical (unpaired) electrons. The van der Waals surface area contributed by atoms with Crippen molar-refractivity contribution in [2.45, 2.75) is 6.92 Å². The van der Waals surface area contributed by atoms with E-state index >= 15 is 0 Å². The van der Waals surface area contributed by atoms with Gasteiger partial charge in [0.05, 0.1) is 28.8 Å². The number of hydrogen-bond donors (Lipinski definition) is 1. The fourth-order valence-electron chi connectivity index (χ4n) is 2.54. The number of aryl methyl sites for hydroxylation is 1. The summed E-state index contributed by atoms with van der Waals surface area (Å²) < 4.78 is 18.6. The van der Waals surface area contributed by atoms with Gasteiger partial charge in [-0.15, -0.1) is 0 Å². The van der Waals surface area contributed by atoms with E-state index in [0.29, 0.717) is 27.9 Å². The van der Waals surface area contributed by atoms with E-state index < -0.39 is 22.3 Å². The maximum Gasteiger partial charge on any atom is 0.306 e. The number of rotatable bonds is 4. The zero-order valence-electron chi connectivity index (χ0n) is 13.9. The molecule has 1 heterocycles. The van der Waals surface area contributed by atoms with Gasteiger partial charge in [-0.05, 0) is 43.3 Å². The highest BCUT2D eigenvalue weighted by molar-refractivity contribution is 6.07. The number of ether oxygens (including phenoxy) is 1. The summed E-state index contributed by atoms with van der Waals surface area (Å²) in [7, 11) is 1.54. The van der Waals surface area contributed by atoms with Crippen LogP contribution in [0.4, 0.5) is 15.8 Å². The number of benzene rings is 2. The number of pyridine rings is 1. The maximum atomic E-state index is 13.4. The van der Waals surface area contributed by atoms with E-state index in [1.165, 1.54) is 13.2 Å². The summed E-state index contributed by atoms with van der Waals surface area (Å²) in [6.07, 6.45) is 0. The zero-order valence-corrected chi connectivity index (χ0v) is 13.9. The van der Waals surface area contributed by atoms with Gasteiger partial charge in [0.25, 0.3) is 5.91 Å². The largest absolute Gasteiger partial charge is 0.497 e. The molecule has 0 saturated carbocycles. The number of carbonyl (C=O) groups is 1. The molecule has 0 aliphatic heterocycles. The second-order valence-corrected chi connectivity index (χ2v) is 5.56. The molecule has 7 nitrogen and oxygen atoms in total. The van der Waals surface area contributed by atoms with Crippen molar-refractivity contribution in [2.24, 2.45) is 0 Å². The zero-order chi connectivity index (χ0) is 18.8. The third-order valence-corrected chi connectivity index (χ3v) is 3.86. The van der Waals surface area contributed by atoms with Crippen LogP contribution in [0.15, 0.2) is 42.5 Å². The van der Waals surface area contributed by atoms with Crippen molar-refractivity contribution in [1.29, 1.82) is 0 Å². The van der Waals surface area contributed by atoms with E-state index in [1.54, 1.807) is 31.2 Å². The van der Waals surface area contributed by atoms with Crippen molar-refractivity contribution in [3.63, 3.8) is 0 Å². The van der Waals surface area contributed by atoms with Crippen LogP contribution >= 0.6 is 0 Å². The van der Waals surface area contributed by atoms with Gasteiger partial charge in [0.2, 0.25) is 5.82 Å². The summed E-state index contributed by atoms with van der Waals surface area (Å²) >= 11 is 0. The minimum Gasteiger partial charge on any atom is -0.497 e. The molecule has 2 aromatic carbocycles. The van der Waals surface area contributed by atoms with Crippen molar-refractivity contribution in [3.05, 3.63) is 69.7 Å². The third kappa shape index (κ3) is 3.30. The molecular formula is C18H14FN3O4. The Labute approximate surface area is 147 Å². The van der Waals surface area contributed by atoms with Crippen LogP contribution in [-0.2, 0) is 0 Å². The number of nitrogens with one attached hydrogen (secondary N) is 1. The monoisotopic (exact) mass is 355 g/mol. The SMILES string of the molecule is COc1ccc2nc(C)c(C(=O)Nc3ccc(F)c([N+](=O)[O-])c3)cc2c1. The van der Waals surface area contributed by atoms with Gasteiger partial charge in [0.1, 0.15) is 5.75 Å². The highest BCUT2D eigenvalue weighted by atomic mass is 19.1. The molecular weight excluding hydrogens is 341 g/mol.